The van der Waals surface area contributed by atoms with Crippen LogP contribution in [0.2, 0.25) is 0 Å². The fraction of sp³-hybridized carbons (Fsp3) is 0.333. The number of sulfonamides is 1. The van der Waals surface area contributed by atoms with Crippen LogP contribution in [0.25, 0.3) is 0 Å². The minimum absolute atomic E-state index is 0.0299. The van der Waals surface area contributed by atoms with Crippen LogP contribution >= 0.6 is 0 Å². The lowest BCUT2D eigenvalue weighted by Crippen LogP contribution is -2.29. The van der Waals surface area contributed by atoms with Crippen LogP contribution in [-0.4, -0.2) is 38.0 Å². The van der Waals surface area contributed by atoms with E-state index in [1.165, 1.54) is 0 Å². The van der Waals surface area contributed by atoms with Gasteiger partial charge in [0.05, 0.1) is 0 Å². The molecule has 0 aliphatic carbocycles. The Morgan fingerprint density at radius 1 is 1.04 bits per heavy atom. The van der Waals surface area contributed by atoms with Crippen molar-refractivity contribution >= 4 is 21.7 Å². The molecule has 3 N–H and O–H groups in total. The fourth-order valence-electron chi connectivity index (χ4n) is 2.07. The van der Waals surface area contributed by atoms with Crippen LogP contribution in [0.4, 0.5) is 20.4 Å². The Kier molecular flexibility index (Phi) is 6.21. The number of aromatic nitrogens is 2. The van der Waals surface area contributed by atoms with Crippen LogP contribution in [0.1, 0.15) is 12.7 Å². The molecule has 0 bridgehead atoms. The maximum Gasteiger partial charge on any atom is 0.243 e. The van der Waals surface area contributed by atoms with Crippen molar-refractivity contribution in [1.82, 2.24) is 14.7 Å². The van der Waals surface area contributed by atoms with Gasteiger partial charge in [0.2, 0.25) is 10.0 Å². The highest BCUT2D eigenvalue weighted by Crippen LogP contribution is 2.15. The summed E-state index contributed by atoms with van der Waals surface area (Å²) in [5, 5.41) is 6.01. The second-order valence-electron chi connectivity index (χ2n) is 5.12. The normalized spacial score (nSPS) is 11.4. The molecule has 2 rings (SSSR count). The van der Waals surface area contributed by atoms with Gasteiger partial charge in [0, 0.05) is 25.7 Å². The predicted octanol–water partition coefficient (Wildman–Crippen LogP) is 1.89. The molecule has 25 heavy (non-hydrogen) atoms. The number of nitrogens with zero attached hydrogens (tertiary/aromatic N) is 2. The van der Waals surface area contributed by atoms with Gasteiger partial charge in [0.1, 0.15) is 34.0 Å². The third kappa shape index (κ3) is 5.33. The second kappa shape index (κ2) is 8.17. The van der Waals surface area contributed by atoms with Crippen molar-refractivity contribution in [2.24, 2.45) is 0 Å². The van der Waals surface area contributed by atoms with Gasteiger partial charge in [-0.2, -0.15) is 0 Å². The summed E-state index contributed by atoms with van der Waals surface area (Å²) in [6.45, 7) is 4.55. The van der Waals surface area contributed by atoms with E-state index in [2.05, 4.69) is 25.3 Å². The molecule has 0 radical (unpaired) electrons. The maximum absolute atomic E-state index is 13.6. The number of benzene rings is 1. The Morgan fingerprint density at radius 2 is 1.72 bits per heavy atom. The number of halogens is 2. The standard InChI is InChI=1S/C15H19F2N5O2S/c1-3-18-14-9-15(22-10(2)21-14)19-6-7-20-25(23,24)13-8-11(16)4-5-12(13)17/h4-5,8-9,20H,3,6-7H2,1-2H3,(H2,18,19,21,22). The van der Waals surface area contributed by atoms with Gasteiger partial charge in [-0.1, -0.05) is 0 Å². The van der Waals surface area contributed by atoms with Gasteiger partial charge in [-0.15, -0.1) is 0 Å². The van der Waals surface area contributed by atoms with Crippen molar-refractivity contribution in [1.29, 1.82) is 0 Å². The summed E-state index contributed by atoms with van der Waals surface area (Å²) in [6.07, 6.45) is 0. The summed E-state index contributed by atoms with van der Waals surface area (Å²) in [5.41, 5.74) is 0. The van der Waals surface area contributed by atoms with Gasteiger partial charge in [0.15, 0.2) is 0 Å². The first-order valence-corrected chi connectivity index (χ1v) is 9.08. The van der Waals surface area contributed by atoms with Crippen LogP contribution < -0.4 is 15.4 Å². The molecule has 0 atom stereocenters. The Hall–Kier alpha value is -2.33. The lowest BCUT2D eigenvalue weighted by Gasteiger charge is -2.11. The highest BCUT2D eigenvalue weighted by Gasteiger charge is 2.19. The molecule has 0 saturated carbocycles. The van der Waals surface area contributed by atoms with Crippen molar-refractivity contribution in [2.45, 2.75) is 18.7 Å². The Balaban J connectivity index is 1.95. The van der Waals surface area contributed by atoms with E-state index in [9.17, 15) is 17.2 Å². The average Bonchev–Trinajstić information content (AvgIpc) is 2.54. The van der Waals surface area contributed by atoms with Crippen LogP contribution in [0, 0.1) is 18.6 Å². The Labute approximate surface area is 144 Å². The summed E-state index contributed by atoms with van der Waals surface area (Å²) in [4.78, 5) is 7.66. The SMILES string of the molecule is CCNc1cc(NCCNS(=O)(=O)c2cc(F)ccc2F)nc(C)n1. The van der Waals surface area contributed by atoms with Crippen LogP contribution in [-0.2, 0) is 10.0 Å². The minimum atomic E-state index is -4.14. The Morgan fingerprint density at radius 3 is 2.40 bits per heavy atom. The third-order valence-corrected chi connectivity index (χ3v) is 4.58. The van der Waals surface area contributed by atoms with Gasteiger partial charge in [-0.25, -0.2) is 31.9 Å². The summed E-state index contributed by atoms with van der Waals surface area (Å²) >= 11 is 0. The lowest BCUT2D eigenvalue weighted by molar-refractivity contribution is 0.546. The average molecular weight is 371 g/mol. The molecule has 1 heterocycles. The Bertz CT molecular complexity index is 846. The van der Waals surface area contributed by atoms with Crippen LogP contribution in [0.5, 0.6) is 0 Å². The van der Waals surface area contributed by atoms with Crippen molar-refractivity contribution in [2.75, 3.05) is 30.3 Å². The van der Waals surface area contributed by atoms with Gasteiger partial charge < -0.3 is 10.6 Å². The van der Waals surface area contributed by atoms with E-state index in [-0.39, 0.29) is 13.1 Å². The van der Waals surface area contributed by atoms with Crippen molar-refractivity contribution in [3.05, 3.63) is 41.7 Å². The molecule has 1 aromatic carbocycles. The molecule has 0 aliphatic rings. The van der Waals surface area contributed by atoms with E-state index in [1.807, 2.05) is 6.92 Å². The first kappa shape index (κ1) is 19.0. The lowest BCUT2D eigenvalue weighted by atomic mass is 10.3. The molecule has 7 nitrogen and oxygen atoms in total. The topological polar surface area (TPSA) is 96.0 Å². The molecule has 0 spiro atoms. The molecule has 0 aliphatic heterocycles. The summed E-state index contributed by atoms with van der Waals surface area (Å²) in [6, 6.07) is 3.96. The van der Waals surface area contributed by atoms with E-state index < -0.39 is 26.6 Å². The third-order valence-electron chi connectivity index (χ3n) is 3.10. The van der Waals surface area contributed by atoms with Crippen LogP contribution in [0.15, 0.2) is 29.2 Å². The number of nitrogens with one attached hydrogen (secondary N) is 3. The van der Waals surface area contributed by atoms with Gasteiger partial charge in [-0.05, 0) is 32.0 Å². The molecular formula is C15H19F2N5O2S. The second-order valence-corrected chi connectivity index (χ2v) is 6.85. The zero-order valence-corrected chi connectivity index (χ0v) is 14.6. The summed E-state index contributed by atoms with van der Waals surface area (Å²) in [5.74, 6) is -0.0984. The molecule has 0 saturated heterocycles. The number of hydrogen-bond donors (Lipinski definition) is 3. The first-order chi connectivity index (χ1) is 11.8. The summed E-state index contributed by atoms with van der Waals surface area (Å²) < 4.78 is 53.0. The highest BCUT2D eigenvalue weighted by molar-refractivity contribution is 7.89. The van der Waals surface area contributed by atoms with Crippen molar-refractivity contribution in [3.8, 4) is 0 Å². The molecule has 0 fully saturated rings. The molecule has 0 amide bonds. The van der Waals surface area contributed by atoms with Crippen LogP contribution in [0.3, 0.4) is 0 Å². The maximum atomic E-state index is 13.6. The van der Waals surface area contributed by atoms with Gasteiger partial charge in [-0.3, -0.25) is 0 Å². The number of anilines is 2. The first-order valence-electron chi connectivity index (χ1n) is 7.60. The highest BCUT2D eigenvalue weighted by atomic mass is 32.2. The zero-order valence-electron chi connectivity index (χ0n) is 13.8. The van der Waals surface area contributed by atoms with E-state index >= 15 is 0 Å². The van der Waals surface area contributed by atoms with Crippen molar-refractivity contribution < 1.29 is 17.2 Å². The minimum Gasteiger partial charge on any atom is -0.370 e. The molecule has 10 heteroatoms. The smallest absolute Gasteiger partial charge is 0.243 e. The largest absolute Gasteiger partial charge is 0.370 e. The van der Waals surface area contributed by atoms with E-state index in [0.29, 0.717) is 30.1 Å². The van der Waals surface area contributed by atoms with Crippen molar-refractivity contribution in [3.63, 3.8) is 0 Å². The molecule has 136 valence electrons. The fourth-order valence-corrected chi connectivity index (χ4v) is 3.19. The predicted molar refractivity (Wildman–Crippen MR) is 91.0 cm³/mol. The number of rotatable bonds is 8. The van der Waals surface area contributed by atoms with E-state index in [4.69, 9.17) is 0 Å². The number of hydrogen-bond acceptors (Lipinski definition) is 6. The molecule has 2 aromatic rings. The van der Waals surface area contributed by atoms with E-state index in [0.717, 1.165) is 12.1 Å². The quantitative estimate of drug-likeness (QED) is 0.613. The van der Waals surface area contributed by atoms with Gasteiger partial charge >= 0.3 is 0 Å². The molecular weight excluding hydrogens is 352 g/mol. The monoisotopic (exact) mass is 371 g/mol. The zero-order chi connectivity index (χ0) is 18.4. The van der Waals surface area contributed by atoms with Gasteiger partial charge in [0.25, 0.3) is 0 Å². The number of aryl methyl sites for hydroxylation is 1. The summed E-state index contributed by atoms with van der Waals surface area (Å²) in [7, 11) is -4.14. The molecule has 0 unspecified atom stereocenters. The van der Waals surface area contributed by atoms with E-state index in [1.54, 1.807) is 13.0 Å². The molecule has 1 aromatic heterocycles.